The Morgan fingerprint density at radius 2 is 2.00 bits per heavy atom. The summed E-state index contributed by atoms with van der Waals surface area (Å²) in [5.74, 6) is 2.16. The van der Waals surface area contributed by atoms with Gasteiger partial charge in [-0.25, -0.2) is 4.98 Å². The lowest BCUT2D eigenvalue weighted by Gasteiger charge is -2.12. The normalized spacial score (nSPS) is 13.0. The second-order valence-corrected chi connectivity index (χ2v) is 8.02. The summed E-state index contributed by atoms with van der Waals surface area (Å²) in [7, 11) is 0. The van der Waals surface area contributed by atoms with E-state index in [-0.39, 0.29) is 12.6 Å². The number of aryl methyl sites for hydroxylation is 1. The van der Waals surface area contributed by atoms with Gasteiger partial charge in [-0.05, 0) is 30.7 Å². The molecule has 3 aromatic rings. The van der Waals surface area contributed by atoms with E-state index in [1.165, 1.54) is 0 Å². The van der Waals surface area contributed by atoms with Crippen LogP contribution >= 0.6 is 15.9 Å². The zero-order valence-electron chi connectivity index (χ0n) is 16.2. The predicted molar refractivity (Wildman–Crippen MR) is 111 cm³/mol. The number of ether oxygens (including phenoxy) is 2. The first-order chi connectivity index (χ1) is 13.9. The summed E-state index contributed by atoms with van der Waals surface area (Å²) in [5.41, 5.74) is 7.70. The zero-order chi connectivity index (χ0) is 20.5. The molecule has 3 heterocycles. The fourth-order valence-corrected chi connectivity index (χ4v) is 3.76. The molecule has 2 aromatic heterocycles. The highest BCUT2D eigenvalue weighted by molar-refractivity contribution is 9.10. The third-order valence-corrected chi connectivity index (χ3v) is 5.41. The summed E-state index contributed by atoms with van der Waals surface area (Å²) in [4.78, 5) is 12.2. The first-order valence-electron chi connectivity index (χ1n) is 9.42. The highest BCUT2D eigenvalue weighted by Crippen LogP contribution is 2.37. The van der Waals surface area contributed by atoms with Crippen molar-refractivity contribution in [3.8, 4) is 11.5 Å². The zero-order valence-corrected chi connectivity index (χ0v) is 17.8. The first kappa shape index (κ1) is 19.8. The number of nitrogens with two attached hydrogens (primary N) is 1. The van der Waals surface area contributed by atoms with Crippen LogP contribution in [-0.4, -0.2) is 38.9 Å². The van der Waals surface area contributed by atoms with Crippen LogP contribution in [0.25, 0.3) is 11.2 Å². The number of nitrogens with one attached hydrogen (secondary N) is 1. The molecule has 0 spiro atoms. The number of aromatic nitrogens is 4. The van der Waals surface area contributed by atoms with E-state index >= 15 is 0 Å². The Morgan fingerprint density at radius 3 is 2.76 bits per heavy atom. The molecule has 1 aromatic carbocycles. The molecule has 8 nitrogen and oxygen atoms in total. The molecule has 0 fully saturated rings. The van der Waals surface area contributed by atoms with E-state index in [0.29, 0.717) is 41.7 Å². The van der Waals surface area contributed by atoms with Gasteiger partial charge in [-0.3, -0.25) is 0 Å². The highest BCUT2D eigenvalue weighted by Gasteiger charge is 2.20. The smallest absolute Gasteiger partial charge is 0.312 e. The molecule has 0 radical (unpaired) electrons. The molecule has 0 atom stereocenters. The number of fused-ring (bicyclic) bond motifs is 2. The van der Waals surface area contributed by atoms with Crippen molar-refractivity contribution in [2.24, 2.45) is 0 Å². The fourth-order valence-electron chi connectivity index (χ4n) is 3.30. The Hall–Kier alpha value is -2.46. The number of benzene rings is 1. The van der Waals surface area contributed by atoms with Crippen LogP contribution in [0.15, 0.2) is 16.6 Å². The Labute approximate surface area is 175 Å². The van der Waals surface area contributed by atoms with E-state index in [4.69, 9.17) is 15.2 Å². The Balaban J connectivity index is 1.69. The lowest BCUT2D eigenvalue weighted by Crippen LogP contribution is -2.24. The standard InChI is InChI=1S/C19H22BrFN6O2/c1-10(2)23-4-3-5-27-15(24-16-17(22)25-19(21)26-18(16)27)7-11-6-13-14(8-12(11)20)29-9-28-13/h6,8,10,23H,3-5,7,9H2,1-2H3,(H2,22,25,26). The van der Waals surface area contributed by atoms with E-state index in [2.05, 4.69) is 50.0 Å². The van der Waals surface area contributed by atoms with Crippen LogP contribution in [0.2, 0.25) is 0 Å². The summed E-state index contributed by atoms with van der Waals surface area (Å²) < 4.78 is 27.5. The molecule has 10 heteroatoms. The van der Waals surface area contributed by atoms with E-state index in [0.717, 1.165) is 28.8 Å². The van der Waals surface area contributed by atoms with Gasteiger partial charge in [0.1, 0.15) is 5.82 Å². The molecule has 4 rings (SSSR count). The van der Waals surface area contributed by atoms with Gasteiger partial charge in [0, 0.05) is 23.5 Å². The Morgan fingerprint density at radius 1 is 1.24 bits per heavy atom. The Kier molecular flexibility index (Phi) is 5.55. The SMILES string of the molecule is CC(C)NCCCn1c(Cc2cc3c(cc2Br)OCO3)nc2c(N)nc(F)nc21. The predicted octanol–water partition coefficient (Wildman–Crippen LogP) is 3.02. The van der Waals surface area contributed by atoms with E-state index in [9.17, 15) is 4.39 Å². The van der Waals surface area contributed by atoms with Crippen LogP contribution in [0, 0.1) is 6.08 Å². The lowest BCUT2D eigenvalue weighted by atomic mass is 10.1. The highest BCUT2D eigenvalue weighted by atomic mass is 79.9. The van der Waals surface area contributed by atoms with Crippen molar-refractivity contribution < 1.29 is 13.9 Å². The van der Waals surface area contributed by atoms with Crippen molar-refractivity contribution in [1.82, 2.24) is 24.8 Å². The largest absolute Gasteiger partial charge is 0.454 e. The molecule has 0 bridgehead atoms. The number of anilines is 1. The van der Waals surface area contributed by atoms with Crippen molar-refractivity contribution in [3.05, 3.63) is 34.1 Å². The van der Waals surface area contributed by atoms with Crippen molar-refractivity contribution in [2.45, 2.75) is 39.3 Å². The van der Waals surface area contributed by atoms with Gasteiger partial charge in [-0.2, -0.15) is 14.4 Å². The summed E-state index contributed by atoms with van der Waals surface area (Å²) >= 11 is 3.59. The Bertz CT molecular complexity index is 1060. The average molecular weight is 465 g/mol. The van der Waals surface area contributed by atoms with Gasteiger partial charge in [-0.1, -0.05) is 29.8 Å². The van der Waals surface area contributed by atoms with E-state index < -0.39 is 6.08 Å². The molecule has 29 heavy (non-hydrogen) atoms. The molecule has 3 N–H and O–H groups in total. The second-order valence-electron chi connectivity index (χ2n) is 7.17. The van der Waals surface area contributed by atoms with Crippen molar-refractivity contribution in [3.63, 3.8) is 0 Å². The molecular formula is C19H22BrFN6O2. The fraction of sp³-hybridized carbons (Fsp3) is 0.421. The van der Waals surface area contributed by atoms with E-state index in [1.54, 1.807) is 0 Å². The van der Waals surface area contributed by atoms with Crippen LogP contribution < -0.4 is 20.5 Å². The van der Waals surface area contributed by atoms with Crippen molar-refractivity contribution in [1.29, 1.82) is 0 Å². The number of rotatable bonds is 7. The summed E-state index contributed by atoms with van der Waals surface area (Å²) in [6.45, 7) is 5.85. The number of imidazole rings is 1. The molecule has 1 aliphatic rings. The van der Waals surface area contributed by atoms with Crippen LogP contribution in [-0.2, 0) is 13.0 Å². The molecule has 154 valence electrons. The van der Waals surface area contributed by atoms with Gasteiger partial charge in [0.25, 0.3) is 0 Å². The summed E-state index contributed by atoms with van der Waals surface area (Å²) in [6, 6.07) is 4.20. The van der Waals surface area contributed by atoms with Crippen LogP contribution in [0.3, 0.4) is 0 Å². The van der Waals surface area contributed by atoms with Crippen LogP contribution in [0.4, 0.5) is 10.2 Å². The number of hydrogen-bond donors (Lipinski definition) is 2. The second kappa shape index (κ2) is 8.11. The minimum atomic E-state index is -0.854. The number of halogens is 2. The number of nitrogen functional groups attached to an aromatic ring is 1. The van der Waals surface area contributed by atoms with Gasteiger partial charge in [-0.15, -0.1) is 0 Å². The third kappa shape index (κ3) is 4.13. The van der Waals surface area contributed by atoms with Gasteiger partial charge in [0.05, 0.1) is 0 Å². The van der Waals surface area contributed by atoms with Crippen LogP contribution in [0.5, 0.6) is 11.5 Å². The number of hydrogen-bond acceptors (Lipinski definition) is 7. The summed E-state index contributed by atoms with van der Waals surface area (Å²) in [6.07, 6.45) is 0.476. The third-order valence-electron chi connectivity index (χ3n) is 4.67. The molecule has 0 unspecified atom stereocenters. The van der Waals surface area contributed by atoms with Crippen LogP contribution in [0.1, 0.15) is 31.7 Å². The maximum Gasteiger partial charge on any atom is 0.312 e. The van der Waals surface area contributed by atoms with Gasteiger partial charge in [0.15, 0.2) is 28.5 Å². The lowest BCUT2D eigenvalue weighted by molar-refractivity contribution is 0.174. The average Bonchev–Trinajstić information content (AvgIpc) is 3.23. The van der Waals surface area contributed by atoms with Crippen molar-refractivity contribution in [2.75, 3.05) is 19.1 Å². The molecule has 0 saturated heterocycles. The van der Waals surface area contributed by atoms with Gasteiger partial charge in [0.2, 0.25) is 6.79 Å². The van der Waals surface area contributed by atoms with Gasteiger partial charge < -0.3 is 25.1 Å². The summed E-state index contributed by atoms with van der Waals surface area (Å²) in [5, 5.41) is 3.38. The topological polar surface area (TPSA) is 100 Å². The van der Waals surface area contributed by atoms with Gasteiger partial charge >= 0.3 is 6.08 Å². The quantitative estimate of drug-likeness (QED) is 0.409. The number of nitrogens with zero attached hydrogens (tertiary/aromatic N) is 4. The van der Waals surface area contributed by atoms with Crippen molar-refractivity contribution >= 4 is 32.9 Å². The molecule has 1 aliphatic heterocycles. The molecule has 0 amide bonds. The molecule has 0 saturated carbocycles. The molecule has 0 aliphatic carbocycles. The maximum absolute atomic E-state index is 13.8. The van der Waals surface area contributed by atoms with E-state index in [1.807, 2.05) is 16.7 Å². The minimum absolute atomic E-state index is 0.0394. The maximum atomic E-state index is 13.8. The monoisotopic (exact) mass is 464 g/mol. The minimum Gasteiger partial charge on any atom is -0.454 e. The molecular weight excluding hydrogens is 443 g/mol. The first-order valence-corrected chi connectivity index (χ1v) is 10.2.